The number of phenolic OH excluding ortho intramolecular Hbond substituents is 2. The van der Waals surface area contributed by atoms with Crippen LogP contribution in [-0.2, 0) is 23.9 Å². The number of aromatic hydroxyl groups is 2. The second-order valence-corrected chi connectivity index (χ2v) is 21.0. The summed E-state index contributed by atoms with van der Waals surface area (Å²) in [5.74, 6) is 2.12. The molecule has 0 radical (unpaired) electrons. The Morgan fingerprint density at radius 3 is 1.14 bits per heavy atom. The molecule has 0 bridgehead atoms. The van der Waals surface area contributed by atoms with Gasteiger partial charge in [-0.2, -0.15) is 0 Å². The first-order chi connectivity index (χ1) is 22.6. The number of aryl methyl sites for hydroxylation is 2. The van der Waals surface area contributed by atoms with E-state index in [2.05, 4.69) is 147 Å². The lowest BCUT2D eigenvalue weighted by atomic mass is 9.71. The molecule has 4 nitrogen and oxygen atoms in total. The number of hydrogen-bond donors (Lipinski definition) is 2. The minimum atomic E-state index is -0.115. The van der Waals surface area contributed by atoms with Gasteiger partial charge in [-0.15, -0.1) is 0 Å². The Labute approximate surface area is 309 Å². The summed E-state index contributed by atoms with van der Waals surface area (Å²) in [4.78, 5) is 5.49. The molecule has 4 heteroatoms. The third kappa shape index (κ3) is 10.3. The molecule has 0 aliphatic carbocycles. The maximum absolute atomic E-state index is 11.7. The van der Waals surface area contributed by atoms with Crippen LogP contribution in [-0.4, -0.2) is 45.2 Å². The van der Waals surface area contributed by atoms with E-state index < -0.39 is 0 Å². The van der Waals surface area contributed by atoms with Crippen LogP contribution in [0.5, 0.6) is 11.5 Å². The molecule has 0 saturated carbocycles. The van der Waals surface area contributed by atoms with Crippen molar-refractivity contribution in [3.63, 3.8) is 0 Å². The second-order valence-electron chi connectivity index (χ2n) is 21.0. The lowest BCUT2D eigenvalue weighted by molar-refractivity contribution is -0.00911. The minimum Gasteiger partial charge on any atom is -0.507 e. The standard InChI is InChI=1S/C46H78N2O2/c1-29(2)21-39-40(22-30(3)4)48(26-36-32(6)24-38(42(50)34(36)8)46(17,18)28-44(12,13)14)20-19-47(39)25-35-31(5)23-37(41(49)33(35)7)45(15,16)27-43(9,10)11/h23-24,29-30,39-40,49-50H,19-22,25-28H2,1-18H3. The number of phenols is 2. The van der Waals surface area contributed by atoms with Crippen LogP contribution < -0.4 is 0 Å². The number of benzene rings is 2. The molecule has 2 N–H and O–H groups in total. The molecular formula is C46H78N2O2. The van der Waals surface area contributed by atoms with Crippen molar-refractivity contribution in [2.45, 2.75) is 186 Å². The number of hydrogen-bond acceptors (Lipinski definition) is 4. The van der Waals surface area contributed by atoms with E-state index in [9.17, 15) is 10.2 Å². The Bertz CT molecular complexity index is 1360. The van der Waals surface area contributed by atoms with Crippen LogP contribution in [0.15, 0.2) is 12.1 Å². The molecule has 0 aromatic heterocycles. The van der Waals surface area contributed by atoms with Crippen LogP contribution in [0, 0.1) is 50.4 Å². The second kappa shape index (κ2) is 15.5. The molecule has 2 aromatic rings. The van der Waals surface area contributed by atoms with Crippen molar-refractivity contribution in [2.24, 2.45) is 22.7 Å². The monoisotopic (exact) mass is 691 g/mol. The maximum Gasteiger partial charge on any atom is 0.122 e. The van der Waals surface area contributed by atoms with Gasteiger partial charge in [0.05, 0.1) is 0 Å². The molecule has 2 atom stereocenters. The van der Waals surface area contributed by atoms with E-state index in [0.717, 1.165) is 74.1 Å². The molecule has 1 saturated heterocycles. The zero-order valence-electron chi connectivity index (χ0n) is 35.9. The molecule has 50 heavy (non-hydrogen) atoms. The van der Waals surface area contributed by atoms with E-state index in [-0.39, 0.29) is 21.7 Å². The van der Waals surface area contributed by atoms with Gasteiger partial charge in [-0.1, -0.05) is 109 Å². The van der Waals surface area contributed by atoms with Crippen molar-refractivity contribution < 1.29 is 10.2 Å². The molecule has 0 amide bonds. The van der Waals surface area contributed by atoms with Crippen LogP contribution in [0.4, 0.5) is 0 Å². The van der Waals surface area contributed by atoms with Crippen LogP contribution >= 0.6 is 0 Å². The van der Waals surface area contributed by atoms with Crippen molar-refractivity contribution in [1.29, 1.82) is 0 Å². The zero-order valence-corrected chi connectivity index (χ0v) is 35.9. The van der Waals surface area contributed by atoms with Crippen molar-refractivity contribution in [3.05, 3.63) is 56.6 Å². The Morgan fingerprint density at radius 2 is 0.880 bits per heavy atom. The summed E-state index contributed by atoms with van der Waals surface area (Å²) in [6.07, 6.45) is 4.29. The van der Waals surface area contributed by atoms with Gasteiger partial charge in [0.15, 0.2) is 0 Å². The van der Waals surface area contributed by atoms with Crippen LogP contribution in [0.2, 0.25) is 0 Å². The molecule has 1 aliphatic rings. The zero-order chi connectivity index (χ0) is 38.3. The fraction of sp³-hybridized carbons (Fsp3) is 0.739. The van der Waals surface area contributed by atoms with Gasteiger partial charge >= 0.3 is 0 Å². The summed E-state index contributed by atoms with van der Waals surface area (Å²) >= 11 is 0. The van der Waals surface area contributed by atoms with E-state index in [0.29, 0.717) is 35.4 Å². The van der Waals surface area contributed by atoms with Gasteiger partial charge in [0.1, 0.15) is 11.5 Å². The predicted molar refractivity (Wildman–Crippen MR) is 217 cm³/mol. The lowest BCUT2D eigenvalue weighted by Crippen LogP contribution is -2.59. The van der Waals surface area contributed by atoms with Gasteiger partial charge < -0.3 is 10.2 Å². The summed E-state index contributed by atoms with van der Waals surface area (Å²) in [7, 11) is 0. The number of rotatable bonds is 12. The first-order valence-electron chi connectivity index (χ1n) is 19.8. The molecule has 3 rings (SSSR count). The molecular weight excluding hydrogens is 613 g/mol. The van der Waals surface area contributed by atoms with E-state index in [1.165, 1.54) is 22.3 Å². The largest absolute Gasteiger partial charge is 0.507 e. The van der Waals surface area contributed by atoms with Crippen LogP contribution in [0.1, 0.15) is 167 Å². The Morgan fingerprint density at radius 1 is 0.580 bits per heavy atom. The van der Waals surface area contributed by atoms with E-state index >= 15 is 0 Å². The highest BCUT2D eigenvalue weighted by Crippen LogP contribution is 2.45. The van der Waals surface area contributed by atoms with E-state index in [1.807, 2.05) is 0 Å². The molecule has 2 unspecified atom stereocenters. The van der Waals surface area contributed by atoms with Gasteiger partial charge in [-0.3, -0.25) is 9.80 Å². The average molecular weight is 691 g/mol. The quantitative estimate of drug-likeness (QED) is 0.233. The van der Waals surface area contributed by atoms with Gasteiger partial charge in [0.2, 0.25) is 0 Å². The first kappa shape index (κ1) is 42.4. The smallest absolute Gasteiger partial charge is 0.122 e. The summed E-state index contributed by atoms with van der Waals surface area (Å²) in [6.45, 7) is 44.8. The molecule has 0 spiro atoms. The van der Waals surface area contributed by atoms with Gasteiger partial charge in [0.25, 0.3) is 0 Å². The van der Waals surface area contributed by atoms with E-state index in [4.69, 9.17) is 0 Å². The van der Waals surface area contributed by atoms with Crippen molar-refractivity contribution in [2.75, 3.05) is 13.1 Å². The fourth-order valence-electron chi connectivity index (χ4n) is 9.84. The first-order valence-corrected chi connectivity index (χ1v) is 19.8. The third-order valence-electron chi connectivity index (χ3n) is 11.4. The predicted octanol–water partition coefficient (Wildman–Crippen LogP) is 11.9. The molecule has 1 heterocycles. The minimum absolute atomic E-state index is 0.115. The fourth-order valence-corrected chi connectivity index (χ4v) is 9.84. The van der Waals surface area contributed by atoms with Gasteiger partial charge in [0, 0.05) is 49.4 Å². The number of nitrogens with zero attached hydrogens (tertiary/aromatic N) is 2. The SMILES string of the molecule is Cc1cc(C(C)(C)CC(C)(C)C)c(O)c(C)c1CN1CCN(Cc2c(C)cc(C(C)(C)CC(C)(C)C)c(O)c2C)C(CC(C)C)C1CC(C)C. The molecule has 284 valence electrons. The van der Waals surface area contributed by atoms with Crippen molar-refractivity contribution >= 4 is 0 Å². The Balaban J connectivity index is 2.02. The maximum atomic E-state index is 11.7. The highest BCUT2D eigenvalue weighted by atomic mass is 16.3. The normalized spacial score (nSPS) is 18.9. The average Bonchev–Trinajstić information content (AvgIpc) is 2.92. The molecule has 1 aliphatic heterocycles. The van der Waals surface area contributed by atoms with E-state index in [1.54, 1.807) is 0 Å². The molecule has 2 aromatic carbocycles. The molecule has 1 fully saturated rings. The third-order valence-corrected chi connectivity index (χ3v) is 11.4. The van der Waals surface area contributed by atoms with Crippen LogP contribution in [0.3, 0.4) is 0 Å². The highest BCUT2D eigenvalue weighted by molar-refractivity contribution is 5.53. The summed E-state index contributed by atoms with van der Waals surface area (Å²) in [5.41, 5.74) is 9.52. The topological polar surface area (TPSA) is 46.9 Å². The highest BCUT2D eigenvalue weighted by Gasteiger charge is 2.39. The summed E-state index contributed by atoms with van der Waals surface area (Å²) in [5, 5.41) is 23.4. The Kier molecular flexibility index (Phi) is 13.1. The van der Waals surface area contributed by atoms with Crippen molar-refractivity contribution in [1.82, 2.24) is 9.80 Å². The van der Waals surface area contributed by atoms with Crippen molar-refractivity contribution in [3.8, 4) is 11.5 Å². The lowest BCUT2D eigenvalue weighted by Gasteiger charge is -2.50. The number of piperazine rings is 1. The van der Waals surface area contributed by atoms with Gasteiger partial charge in [-0.25, -0.2) is 0 Å². The summed E-state index contributed by atoms with van der Waals surface area (Å²) < 4.78 is 0. The van der Waals surface area contributed by atoms with Gasteiger partial charge in [-0.05, 0) is 120 Å². The van der Waals surface area contributed by atoms with Crippen LogP contribution in [0.25, 0.3) is 0 Å². The Hall–Kier alpha value is -2.04. The summed E-state index contributed by atoms with van der Waals surface area (Å²) in [6, 6.07) is 5.38.